The topological polar surface area (TPSA) is 78.4 Å². The molecule has 0 aliphatic heterocycles. The Bertz CT molecular complexity index is 326. The Hall–Kier alpha value is -0.910. The number of rotatable bonds is 8. The average molecular weight is 302 g/mol. The Morgan fingerprint density at radius 3 is 2.70 bits per heavy atom. The smallest absolute Gasteiger partial charge is 0.326 e. The normalized spacial score (nSPS) is 23.3. The number of carboxylic acids is 1. The van der Waals surface area contributed by atoms with Crippen molar-refractivity contribution in [1.82, 2.24) is 10.6 Å². The zero-order valence-corrected chi connectivity index (χ0v) is 13.2. The van der Waals surface area contributed by atoms with Crippen LogP contribution in [-0.2, 0) is 4.79 Å². The first-order valence-corrected chi connectivity index (χ1v) is 8.53. The molecule has 6 heteroatoms. The van der Waals surface area contributed by atoms with Gasteiger partial charge in [0.15, 0.2) is 0 Å². The molecule has 2 unspecified atom stereocenters. The Kier molecular flexibility index (Phi) is 7.80. The van der Waals surface area contributed by atoms with Gasteiger partial charge in [-0.2, -0.15) is 11.8 Å². The summed E-state index contributed by atoms with van der Waals surface area (Å²) in [6, 6.07) is -0.947. The van der Waals surface area contributed by atoms with E-state index in [2.05, 4.69) is 17.6 Å². The molecule has 2 amide bonds. The SMILES string of the molecule is CCCC[C@H](NC(=O)NC1CCC(SCC)C1)C(=O)O. The molecular weight excluding hydrogens is 276 g/mol. The monoisotopic (exact) mass is 302 g/mol. The highest BCUT2D eigenvalue weighted by molar-refractivity contribution is 7.99. The van der Waals surface area contributed by atoms with Crippen LogP contribution < -0.4 is 10.6 Å². The highest BCUT2D eigenvalue weighted by Crippen LogP contribution is 2.29. The summed E-state index contributed by atoms with van der Waals surface area (Å²) in [6.07, 6.45) is 5.30. The number of carboxylic acid groups (broad SMARTS) is 1. The molecule has 0 aromatic carbocycles. The van der Waals surface area contributed by atoms with E-state index in [1.807, 2.05) is 18.7 Å². The summed E-state index contributed by atoms with van der Waals surface area (Å²) < 4.78 is 0. The summed E-state index contributed by atoms with van der Waals surface area (Å²) in [7, 11) is 0. The van der Waals surface area contributed by atoms with Crippen molar-refractivity contribution in [3.05, 3.63) is 0 Å². The third kappa shape index (κ3) is 6.03. The number of urea groups is 1. The van der Waals surface area contributed by atoms with Gasteiger partial charge in [0.25, 0.3) is 0 Å². The molecule has 1 saturated carbocycles. The molecular formula is C14H26N2O3S. The standard InChI is InChI=1S/C14H26N2O3S/c1-3-5-6-12(13(17)18)16-14(19)15-10-7-8-11(9-10)20-4-2/h10-12H,3-9H2,1-2H3,(H,17,18)(H2,15,16,19)/t10?,11?,12-/m0/s1. The molecule has 0 heterocycles. The lowest BCUT2D eigenvalue weighted by molar-refractivity contribution is -0.139. The maximum Gasteiger partial charge on any atom is 0.326 e. The van der Waals surface area contributed by atoms with Gasteiger partial charge in [-0.25, -0.2) is 9.59 Å². The van der Waals surface area contributed by atoms with Gasteiger partial charge in [0, 0.05) is 11.3 Å². The second kappa shape index (κ2) is 9.10. The highest BCUT2D eigenvalue weighted by Gasteiger charge is 2.27. The van der Waals surface area contributed by atoms with Crippen LogP contribution in [0.4, 0.5) is 4.79 Å². The van der Waals surface area contributed by atoms with Crippen molar-refractivity contribution in [3.63, 3.8) is 0 Å². The fraction of sp³-hybridized carbons (Fsp3) is 0.857. The number of unbranched alkanes of at least 4 members (excludes halogenated alkanes) is 1. The van der Waals surface area contributed by atoms with Crippen LogP contribution in [-0.4, -0.2) is 40.2 Å². The van der Waals surface area contributed by atoms with Gasteiger partial charge in [-0.1, -0.05) is 26.7 Å². The van der Waals surface area contributed by atoms with Crippen molar-refractivity contribution in [3.8, 4) is 0 Å². The van der Waals surface area contributed by atoms with Gasteiger partial charge in [-0.3, -0.25) is 0 Å². The van der Waals surface area contributed by atoms with Crippen molar-refractivity contribution < 1.29 is 14.7 Å². The van der Waals surface area contributed by atoms with E-state index in [-0.39, 0.29) is 12.1 Å². The van der Waals surface area contributed by atoms with Gasteiger partial charge in [-0.15, -0.1) is 0 Å². The van der Waals surface area contributed by atoms with Gasteiger partial charge in [0.2, 0.25) is 0 Å². The van der Waals surface area contributed by atoms with Crippen LogP contribution in [0.3, 0.4) is 0 Å². The van der Waals surface area contributed by atoms with E-state index in [1.54, 1.807) is 0 Å². The molecule has 5 nitrogen and oxygen atoms in total. The third-order valence-corrected chi connectivity index (χ3v) is 4.80. The van der Waals surface area contributed by atoms with Crippen LogP contribution in [0, 0.1) is 0 Å². The van der Waals surface area contributed by atoms with Gasteiger partial charge in [0.1, 0.15) is 6.04 Å². The second-order valence-corrected chi connectivity index (χ2v) is 6.82. The van der Waals surface area contributed by atoms with E-state index in [4.69, 9.17) is 5.11 Å². The minimum absolute atomic E-state index is 0.180. The fourth-order valence-corrected chi connectivity index (χ4v) is 3.65. The molecule has 0 radical (unpaired) electrons. The van der Waals surface area contributed by atoms with Crippen molar-refractivity contribution in [2.24, 2.45) is 0 Å². The summed E-state index contributed by atoms with van der Waals surface area (Å²) >= 11 is 1.93. The highest BCUT2D eigenvalue weighted by atomic mass is 32.2. The van der Waals surface area contributed by atoms with E-state index in [9.17, 15) is 9.59 Å². The van der Waals surface area contributed by atoms with Crippen molar-refractivity contribution in [2.45, 2.75) is 69.7 Å². The minimum Gasteiger partial charge on any atom is -0.480 e. The van der Waals surface area contributed by atoms with E-state index in [0.29, 0.717) is 11.7 Å². The number of thioether (sulfide) groups is 1. The van der Waals surface area contributed by atoms with Gasteiger partial charge >= 0.3 is 12.0 Å². The summed E-state index contributed by atoms with van der Waals surface area (Å²) in [5.41, 5.74) is 0. The van der Waals surface area contributed by atoms with Crippen molar-refractivity contribution >= 4 is 23.8 Å². The van der Waals surface area contributed by atoms with E-state index >= 15 is 0 Å². The number of nitrogens with one attached hydrogen (secondary N) is 2. The molecule has 116 valence electrons. The second-order valence-electron chi connectivity index (χ2n) is 5.24. The molecule has 0 aromatic rings. The molecule has 0 aromatic heterocycles. The van der Waals surface area contributed by atoms with Crippen molar-refractivity contribution in [1.29, 1.82) is 0 Å². The lowest BCUT2D eigenvalue weighted by Gasteiger charge is -2.18. The number of hydrogen-bond acceptors (Lipinski definition) is 3. The first-order chi connectivity index (χ1) is 9.56. The van der Waals surface area contributed by atoms with Crippen LogP contribution in [0.2, 0.25) is 0 Å². The molecule has 0 spiro atoms. The van der Waals surface area contributed by atoms with Crippen LogP contribution in [0.15, 0.2) is 0 Å². The van der Waals surface area contributed by atoms with Gasteiger partial charge < -0.3 is 15.7 Å². The zero-order chi connectivity index (χ0) is 15.0. The maximum atomic E-state index is 11.8. The van der Waals surface area contributed by atoms with E-state index in [1.165, 1.54) is 0 Å². The number of hydrogen-bond donors (Lipinski definition) is 3. The first kappa shape index (κ1) is 17.1. The Labute approximate surface area is 125 Å². The lowest BCUT2D eigenvalue weighted by atomic mass is 10.1. The summed E-state index contributed by atoms with van der Waals surface area (Å²) in [4.78, 5) is 22.9. The minimum atomic E-state index is -0.959. The zero-order valence-electron chi connectivity index (χ0n) is 12.4. The molecule has 20 heavy (non-hydrogen) atoms. The molecule has 3 N–H and O–H groups in total. The molecule has 1 aliphatic rings. The van der Waals surface area contributed by atoms with Crippen LogP contribution in [0.25, 0.3) is 0 Å². The lowest BCUT2D eigenvalue weighted by Crippen LogP contribution is -2.48. The number of aliphatic carboxylic acids is 1. The third-order valence-electron chi connectivity index (χ3n) is 3.57. The van der Waals surface area contributed by atoms with Crippen molar-refractivity contribution in [2.75, 3.05) is 5.75 Å². The van der Waals surface area contributed by atoms with Gasteiger partial charge in [-0.05, 0) is 31.4 Å². The first-order valence-electron chi connectivity index (χ1n) is 7.48. The Morgan fingerprint density at radius 1 is 1.35 bits per heavy atom. The number of carbonyl (C=O) groups excluding carboxylic acids is 1. The predicted molar refractivity (Wildman–Crippen MR) is 82.2 cm³/mol. The van der Waals surface area contributed by atoms with Crippen LogP contribution >= 0.6 is 11.8 Å². The molecule has 0 saturated heterocycles. The quantitative estimate of drug-likeness (QED) is 0.644. The average Bonchev–Trinajstić information content (AvgIpc) is 2.82. The molecule has 1 rings (SSSR count). The molecule has 3 atom stereocenters. The fourth-order valence-electron chi connectivity index (χ4n) is 2.51. The largest absolute Gasteiger partial charge is 0.480 e. The van der Waals surface area contributed by atoms with E-state index < -0.39 is 12.0 Å². The number of carbonyl (C=O) groups is 2. The predicted octanol–water partition coefficient (Wildman–Crippen LogP) is 2.60. The summed E-state index contributed by atoms with van der Waals surface area (Å²) in [5, 5.41) is 15.2. The maximum absolute atomic E-state index is 11.8. The molecule has 1 fully saturated rings. The number of amides is 2. The summed E-state index contributed by atoms with van der Waals surface area (Å²) in [6.45, 7) is 4.15. The van der Waals surface area contributed by atoms with Gasteiger partial charge in [0.05, 0.1) is 0 Å². The molecule has 0 bridgehead atoms. The molecule has 1 aliphatic carbocycles. The van der Waals surface area contributed by atoms with Crippen LogP contribution in [0.5, 0.6) is 0 Å². The Morgan fingerprint density at radius 2 is 2.10 bits per heavy atom. The Balaban J connectivity index is 2.33. The van der Waals surface area contributed by atoms with Crippen LogP contribution in [0.1, 0.15) is 52.4 Å². The summed E-state index contributed by atoms with van der Waals surface area (Å²) in [5.74, 6) is 0.140. The van der Waals surface area contributed by atoms with E-state index in [0.717, 1.165) is 37.9 Å².